The Morgan fingerprint density at radius 1 is 1.31 bits per heavy atom. The van der Waals surface area contributed by atoms with Crippen LogP contribution in [0, 0.1) is 0 Å². The van der Waals surface area contributed by atoms with Crippen LogP contribution in [-0.4, -0.2) is 18.9 Å². The van der Waals surface area contributed by atoms with E-state index in [1.54, 1.807) is 18.2 Å². The Morgan fingerprint density at radius 3 is 2.31 bits per heavy atom. The predicted molar refractivity (Wildman–Crippen MR) is 53.8 cm³/mol. The van der Waals surface area contributed by atoms with Crippen molar-refractivity contribution in [2.45, 2.75) is 18.2 Å². The van der Waals surface area contributed by atoms with E-state index in [0.29, 0.717) is 0 Å². The smallest absolute Gasteiger partial charge is 0.246 e. The Kier molecular flexibility index (Phi) is 3.97. The van der Waals surface area contributed by atoms with Gasteiger partial charge in [0.25, 0.3) is 0 Å². The SMILES string of the molecule is NC(=O)CCC([n+]1ccccc1)S(=O)(=O)[O-]. The molecule has 1 amide bonds. The second-order valence-electron chi connectivity index (χ2n) is 3.28. The third kappa shape index (κ3) is 3.59. The maximum Gasteiger partial charge on any atom is 0.246 e. The molecule has 88 valence electrons. The zero-order valence-electron chi connectivity index (χ0n) is 8.44. The number of nitrogens with zero attached hydrogens (tertiary/aromatic N) is 1. The molecule has 0 saturated carbocycles. The zero-order valence-corrected chi connectivity index (χ0v) is 9.26. The van der Waals surface area contributed by atoms with Gasteiger partial charge in [-0.2, -0.15) is 4.57 Å². The van der Waals surface area contributed by atoms with E-state index in [2.05, 4.69) is 0 Å². The Labute approximate surface area is 93.5 Å². The van der Waals surface area contributed by atoms with Gasteiger partial charge in [0.15, 0.2) is 22.5 Å². The minimum absolute atomic E-state index is 0.115. The van der Waals surface area contributed by atoms with Gasteiger partial charge in [-0.3, -0.25) is 4.79 Å². The van der Waals surface area contributed by atoms with Crippen LogP contribution in [0.1, 0.15) is 18.2 Å². The molecule has 0 spiro atoms. The first-order chi connectivity index (χ1) is 7.41. The average Bonchev–Trinajstić information content (AvgIpc) is 2.17. The first-order valence-electron chi connectivity index (χ1n) is 4.60. The lowest BCUT2D eigenvalue weighted by Gasteiger charge is -2.15. The van der Waals surface area contributed by atoms with E-state index < -0.39 is 21.4 Å². The highest BCUT2D eigenvalue weighted by atomic mass is 32.2. The number of pyridine rings is 1. The van der Waals surface area contributed by atoms with Crippen LogP contribution in [0.3, 0.4) is 0 Å². The van der Waals surface area contributed by atoms with Gasteiger partial charge in [-0.05, 0) is 0 Å². The second-order valence-corrected chi connectivity index (χ2v) is 4.80. The van der Waals surface area contributed by atoms with E-state index in [0.717, 1.165) is 0 Å². The Bertz CT molecular complexity index is 458. The van der Waals surface area contributed by atoms with Crippen molar-refractivity contribution in [1.29, 1.82) is 0 Å². The van der Waals surface area contributed by atoms with Crippen molar-refractivity contribution in [3.8, 4) is 0 Å². The van der Waals surface area contributed by atoms with Gasteiger partial charge in [0.2, 0.25) is 11.3 Å². The lowest BCUT2D eigenvalue weighted by atomic mass is 10.3. The van der Waals surface area contributed by atoms with Crippen molar-refractivity contribution >= 4 is 16.0 Å². The van der Waals surface area contributed by atoms with Gasteiger partial charge < -0.3 is 10.3 Å². The fourth-order valence-electron chi connectivity index (χ4n) is 1.31. The molecule has 0 radical (unpaired) electrons. The van der Waals surface area contributed by atoms with Gasteiger partial charge in [0.1, 0.15) is 0 Å². The van der Waals surface area contributed by atoms with Crippen molar-refractivity contribution in [1.82, 2.24) is 0 Å². The summed E-state index contributed by atoms with van der Waals surface area (Å²) in [6, 6.07) is 4.89. The number of aromatic nitrogens is 1. The molecule has 1 aromatic rings. The van der Waals surface area contributed by atoms with E-state index in [4.69, 9.17) is 5.73 Å². The lowest BCUT2D eigenvalue weighted by molar-refractivity contribution is -0.702. The van der Waals surface area contributed by atoms with Crippen LogP contribution in [0.25, 0.3) is 0 Å². The van der Waals surface area contributed by atoms with Crippen LogP contribution in [0.5, 0.6) is 0 Å². The molecule has 2 N–H and O–H groups in total. The third-order valence-corrected chi connectivity index (χ3v) is 3.19. The van der Waals surface area contributed by atoms with E-state index in [1.165, 1.54) is 17.0 Å². The van der Waals surface area contributed by atoms with Crippen LogP contribution in [0.2, 0.25) is 0 Å². The van der Waals surface area contributed by atoms with E-state index in [9.17, 15) is 17.8 Å². The summed E-state index contributed by atoms with van der Waals surface area (Å²) in [5.74, 6) is -0.634. The molecule has 16 heavy (non-hydrogen) atoms. The largest absolute Gasteiger partial charge is 0.743 e. The second kappa shape index (κ2) is 5.04. The van der Waals surface area contributed by atoms with Gasteiger partial charge in [0, 0.05) is 25.0 Å². The van der Waals surface area contributed by atoms with Gasteiger partial charge in [-0.15, -0.1) is 0 Å². The number of hydrogen-bond donors (Lipinski definition) is 1. The number of primary amides is 1. The number of carbonyl (C=O) groups is 1. The maximum atomic E-state index is 11.0. The van der Waals surface area contributed by atoms with Gasteiger partial charge in [-0.1, -0.05) is 6.07 Å². The molecule has 1 atom stereocenters. The van der Waals surface area contributed by atoms with Gasteiger partial charge >= 0.3 is 0 Å². The van der Waals surface area contributed by atoms with Crippen LogP contribution < -0.4 is 10.3 Å². The number of amides is 1. The highest BCUT2D eigenvalue weighted by Crippen LogP contribution is 2.12. The molecule has 0 aliphatic rings. The van der Waals surface area contributed by atoms with Crippen molar-refractivity contribution in [3.63, 3.8) is 0 Å². The summed E-state index contributed by atoms with van der Waals surface area (Å²) in [5.41, 5.74) is 4.92. The molecule has 1 unspecified atom stereocenters. The summed E-state index contributed by atoms with van der Waals surface area (Å²) in [6.45, 7) is 0. The van der Waals surface area contributed by atoms with E-state index in [1.807, 2.05) is 0 Å². The first kappa shape index (κ1) is 12.6. The first-order valence-corrected chi connectivity index (χ1v) is 6.07. The van der Waals surface area contributed by atoms with Crippen LogP contribution >= 0.6 is 0 Å². The fourth-order valence-corrected chi connectivity index (χ4v) is 2.16. The monoisotopic (exact) mass is 244 g/mol. The van der Waals surface area contributed by atoms with Crippen LogP contribution in [0.15, 0.2) is 30.6 Å². The number of hydrogen-bond acceptors (Lipinski definition) is 4. The lowest BCUT2D eigenvalue weighted by Crippen LogP contribution is -2.43. The molecule has 0 aliphatic heterocycles. The van der Waals surface area contributed by atoms with E-state index in [-0.39, 0.29) is 12.8 Å². The molecule has 1 aromatic heterocycles. The standard InChI is InChI=1S/C9H12N2O4S/c10-8(12)4-5-9(16(13,14)15)11-6-2-1-3-7-11/h1-3,6-7,9H,4-5H2,(H2-,10,12,13,14,15). The van der Waals surface area contributed by atoms with Crippen molar-refractivity contribution in [3.05, 3.63) is 30.6 Å². The highest BCUT2D eigenvalue weighted by Gasteiger charge is 2.25. The summed E-state index contributed by atoms with van der Waals surface area (Å²) >= 11 is 0. The number of rotatable bonds is 5. The molecule has 0 saturated heterocycles. The molecular weight excluding hydrogens is 232 g/mol. The van der Waals surface area contributed by atoms with Crippen molar-refractivity contribution in [2.24, 2.45) is 5.73 Å². The average molecular weight is 244 g/mol. The minimum atomic E-state index is -4.51. The Hall–Kier alpha value is -1.47. The number of carbonyl (C=O) groups excluding carboxylic acids is 1. The number of nitrogens with two attached hydrogens (primary N) is 1. The van der Waals surface area contributed by atoms with Crippen molar-refractivity contribution in [2.75, 3.05) is 0 Å². The topological polar surface area (TPSA) is 104 Å². The van der Waals surface area contributed by atoms with Crippen molar-refractivity contribution < 1.29 is 22.3 Å². The molecule has 7 heteroatoms. The molecule has 0 aromatic carbocycles. The summed E-state index contributed by atoms with van der Waals surface area (Å²) < 4.78 is 34.3. The minimum Gasteiger partial charge on any atom is -0.743 e. The zero-order chi connectivity index (χ0) is 12.2. The summed E-state index contributed by atoms with van der Waals surface area (Å²) in [6.07, 6.45) is 2.66. The Morgan fingerprint density at radius 2 is 1.88 bits per heavy atom. The van der Waals surface area contributed by atoms with Crippen LogP contribution in [-0.2, 0) is 14.9 Å². The van der Waals surface area contributed by atoms with E-state index >= 15 is 0 Å². The molecule has 1 rings (SSSR count). The Balaban J connectivity index is 2.94. The third-order valence-electron chi connectivity index (χ3n) is 2.04. The molecule has 1 heterocycles. The molecule has 6 nitrogen and oxygen atoms in total. The summed E-state index contributed by atoms with van der Waals surface area (Å²) in [5, 5.41) is -1.29. The quantitative estimate of drug-likeness (QED) is 0.545. The summed E-state index contributed by atoms with van der Waals surface area (Å²) in [4.78, 5) is 10.6. The maximum absolute atomic E-state index is 11.0. The molecular formula is C9H12N2O4S. The molecule has 0 bridgehead atoms. The normalized spacial score (nSPS) is 13.3. The summed E-state index contributed by atoms with van der Waals surface area (Å²) in [7, 11) is -4.51. The predicted octanol–water partition coefficient (Wildman–Crippen LogP) is -0.717. The fraction of sp³-hybridized carbons (Fsp3) is 0.333. The van der Waals surface area contributed by atoms with Gasteiger partial charge in [0.05, 0.1) is 0 Å². The van der Waals surface area contributed by atoms with Crippen LogP contribution in [0.4, 0.5) is 0 Å². The molecule has 0 aliphatic carbocycles. The molecule has 0 fully saturated rings. The van der Waals surface area contributed by atoms with Gasteiger partial charge in [-0.25, -0.2) is 8.42 Å². The highest BCUT2D eigenvalue weighted by molar-refractivity contribution is 7.85.